The normalized spacial score (nSPS) is 29.9. The van der Waals surface area contributed by atoms with Gasteiger partial charge in [-0.15, -0.1) is 0 Å². The fourth-order valence-corrected chi connectivity index (χ4v) is 4.89. The highest BCUT2D eigenvalue weighted by Gasteiger charge is 2.51. The van der Waals surface area contributed by atoms with Gasteiger partial charge >= 0.3 is 0 Å². The maximum Gasteiger partial charge on any atom is 0.250 e. The van der Waals surface area contributed by atoms with Gasteiger partial charge in [0.05, 0.1) is 5.60 Å². The van der Waals surface area contributed by atoms with Crippen LogP contribution in [0, 0.1) is 17.2 Å². The lowest BCUT2D eigenvalue weighted by atomic mass is 9.66. The molecule has 2 saturated carbocycles. The van der Waals surface area contributed by atoms with Crippen LogP contribution in [0.5, 0.6) is 5.88 Å². The summed E-state index contributed by atoms with van der Waals surface area (Å²) >= 11 is 0. The zero-order valence-electron chi connectivity index (χ0n) is 16.2. The Labute approximate surface area is 159 Å². The van der Waals surface area contributed by atoms with E-state index in [0.29, 0.717) is 12.8 Å². The van der Waals surface area contributed by atoms with Crippen molar-refractivity contribution in [2.75, 3.05) is 13.1 Å². The van der Waals surface area contributed by atoms with Crippen molar-refractivity contribution in [1.82, 2.24) is 9.88 Å². The maximum atomic E-state index is 14.1. The summed E-state index contributed by atoms with van der Waals surface area (Å²) in [7, 11) is 0. The topological polar surface area (TPSA) is 62.7 Å². The fraction of sp³-hybridized carbons (Fsp3) is 0.714. The predicted molar refractivity (Wildman–Crippen MR) is 98.8 cm³/mol. The average molecular weight is 376 g/mol. The number of aliphatic hydroxyl groups is 1. The number of likely N-dealkylation sites (tertiary alicyclic amines) is 1. The number of aromatic nitrogens is 1. The minimum absolute atomic E-state index is 0.00263. The third kappa shape index (κ3) is 3.68. The molecule has 6 heteroatoms. The number of aryl methyl sites for hydroxylation is 1. The van der Waals surface area contributed by atoms with Crippen LogP contribution < -0.4 is 4.74 Å². The minimum atomic E-state index is -0.656. The van der Waals surface area contributed by atoms with E-state index in [1.54, 1.807) is 13.1 Å². The average Bonchev–Trinajstić information content (AvgIpc) is 2.59. The van der Waals surface area contributed by atoms with Crippen LogP contribution in [0.1, 0.15) is 57.9 Å². The highest BCUT2D eigenvalue weighted by molar-refractivity contribution is 5.81. The molecular weight excluding hydrogens is 347 g/mol. The first-order chi connectivity index (χ1) is 12.8. The van der Waals surface area contributed by atoms with Gasteiger partial charge in [-0.3, -0.25) is 4.79 Å². The third-order valence-electron chi connectivity index (χ3n) is 6.63. The van der Waals surface area contributed by atoms with Gasteiger partial charge < -0.3 is 14.7 Å². The molecule has 27 heavy (non-hydrogen) atoms. The summed E-state index contributed by atoms with van der Waals surface area (Å²) in [5, 5.41) is 9.83. The molecule has 4 rings (SSSR count). The van der Waals surface area contributed by atoms with Gasteiger partial charge in [0.25, 0.3) is 5.88 Å². The second-order valence-corrected chi connectivity index (χ2v) is 9.10. The van der Waals surface area contributed by atoms with Crippen LogP contribution in [-0.2, 0) is 11.2 Å². The molecular formula is C21H29FN2O3. The SMILES string of the molecule is CCc1cnc(OC2CCC3(CC2)CN(C(=O)[C@H]2C[C@@](C)(O)C2)C3)c(F)c1. The quantitative estimate of drug-likeness (QED) is 0.877. The molecule has 1 aromatic heterocycles. The molecule has 0 unspecified atom stereocenters. The maximum absolute atomic E-state index is 14.1. The van der Waals surface area contributed by atoms with Crippen LogP contribution in [0.4, 0.5) is 4.39 Å². The van der Waals surface area contributed by atoms with Gasteiger partial charge in [-0.25, -0.2) is 9.37 Å². The summed E-state index contributed by atoms with van der Waals surface area (Å²) in [6.07, 6.45) is 7.34. The summed E-state index contributed by atoms with van der Waals surface area (Å²) in [6, 6.07) is 1.50. The van der Waals surface area contributed by atoms with Crippen molar-refractivity contribution in [3.05, 3.63) is 23.6 Å². The number of carbonyl (C=O) groups is 1. The zero-order valence-corrected chi connectivity index (χ0v) is 16.2. The van der Waals surface area contributed by atoms with E-state index in [-0.39, 0.29) is 35.0 Å². The van der Waals surface area contributed by atoms with Crippen LogP contribution in [0.2, 0.25) is 0 Å². The second kappa shape index (κ2) is 6.73. The number of hydrogen-bond acceptors (Lipinski definition) is 4. The molecule has 1 N–H and O–H groups in total. The van der Waals surface area contributed by atoms with Crippen molar-refractivity contribution in [3.63, 3.8) is 0 Å². The lowest BCUT2D eigenvalue weighted by Crippen LogP contribution is -2.63. The highest BCUT2D eigenvalue weighted by atomic mass is 19.1. The number of rotatable bonds is 4. The van der Waals surface area contributed by atoms with Crippen molar-refractivity contribution in [1.29, 1.82) is 0 Å². The molecule has 0 radical (unpaired) electrons. The monoisotopic (exact) mass is 376 g/mol. The van der Waals surface area contributed by atoms with E-state index in [2.05, 4.69) is 4.98 Å². The Kier molecular flexibility index (Phi) is 4.65. The van der Waals surface area contributed by atoms with Crippen molar-refractivity contribution >= 4 is 5.91 Å². The molecule has 2 heterocycles. The summed E-state index contributed by atoms with van der Waals surface area (Å²) in [6.45, 7) is 5.39. The van der Waals surface area contributed by atoms with Gasteiger partial charge in [0.1, 0.15) is 6.10 Å². The van der Waals surface area contributed by atoms with E-state index < -0.39 is 5.60 Å². The number of amides is 1. The first-order valence-electron chi connectivity index (χ1n) is 10.1. The molecule has 148 valence electrons. The largest absolute Gasteiger partial charge is 0.472 e. The molecule has 2 aliphatic carbocycles. The Morgan fingerprint density at radius 1 is 1.37 bits per heavy atom. The van der Waals surface area contributed by atoms with Gasteiger partial charge in [0.2, 0.25) is 5.91 Å². The Bertz CT molecular complexity index is 712. The van der Waals surface area contributed by atoms with E-state index in [9.17, 15) is 14.3 Å². The molecule has 1 spiro atoms. The van der Waals surface area contributed by atoms with Crippen molar-refractivity contribution < 1.29 is 19.0 Å². The Hall–Kier alpha value is -1.69. The Morgan fingerprint density at radius 2 is 2.04 bits per heavy atom. The summed E-state index contributed by atoms with van der Waals surface area (Å²) in [4.78, 5) is 18.5. The first-order valence-corrected chi connectivity index (χ1v) is 10.1. The van der Waals surface area contributed by atoms with E-state index in [0.717, 1.165) is 50.8 Å². The van der Waals surface area contributed by atoms with Crippen LogP contribution in [-0.4, -0.2) is 45.7 Å². The van der Waals surface area contributed by atoms with Crippen LogP contribution in [0.25, 0.3) is 0 Å². The third-order valence-corrected chi connectivity index (χ3v) is 6.63. The standard InChI is InChI=1S/C21H29FN2O3/c1-3-14-8-17(22)18(23-11-14)27-16-4-6-21(7-5-16)12-24(13-21)19(25)15-9-20(2,26)10-15/h8,11,15-16,26H,3-7,9-10,12-13H2,1-2H3/t15-,20+. The van der Waals surface area contributed by atoms with Crippen molar-refractivity contribution in [2.24, 2.45) is 11.3 Å². The van der Waals surface area contributed by atoms with E-state index >= 15 is 0 Å². The van der Waals surface area contributed by atoms with Crippen LogP contribution in [0.3, 0.4) is 0 Å². The molecule has 1 aliphatic heterocycles. The highest BCUT2D eigenvalue weighted by Crippen LogP contribution is 2.47. The zero-order chi connectivity index (χ0) is 19.2. The molecule has 1 amide bonds. The molecule has 1 saturated heterocycles. The van der Waals surface area contributed by atoms with Gasteiger partial charge in [0, 0.05) is 30.6 Å². The molecule has 5 nitrogen and oxygen atoms in total. The van der Waals surface area contributed by atoms with Gasteiger partial charge in [-0.05, 0) is 63.5 Å². The number of hydrogen-bond donors (Lipinski definition) is 1. The lowest BCUT2D eigenvalue weighted by Gasteiger charge is -2.55. The van der Waals surface area contributed by atoms with E-state index in [1.165, 1.54) is 6.07 Å². The lowest BCUT2D eigenvalue weighted by molar-refractivity contribution is -0.164. The summed E-state index contributed by atoms with van der Waals surface area (Å²) in [5.41, 5.74) is 0.422. The number of nitrogens with zero attached hydrogens (tertiary/aromatic N) is 2. The van der Waals surface area contributed by atoms with Crippen LogP contribution in [0.15, 0.2) is 12.3 Å². The molecule has 0 bridgehead atoms. The van der Waals surface area contributed by atoms with Crippen molar-refractivity contribution in [2.45, 2.75) is 70.5 Å². The first kappa shape index (κ1) is 18.7. The van der Waals surface area contributed by atoms with Crippen molar-refractivity contribution in [3.8, 4) is 5.88 Å². The smallest absolute Gasteiger partial charge is 0.250 e. The number of carbonyl (C=O) groups excluding carboxylic acids is 1. The fourth-order valence-electron chi connectivity index (χ4n) is 4.89. The second-order valence-electron chi connectivity index (χ2n) is 9.10. The number of ether oxygens (including phenoxy) is 1. The van der Waals surface area contributed by atoms with E-state index in [4.69, 9.17) is 4.74 Å². The Morgan fingerprint density at radius 3 is 2.59 bits per heavy atom. The molecule has 1 aromatic rings. The van der Waals surface area contributed by atoms with E-state index in [1.807, 2.05) is 11.8 Å². The van der Waals surface area contributed by atoms with Crippen LogP contribution >= 0.6 is 0 Å². The summed E-state index contributed by atoms with van der Waals surface area (Å²) < 4.78 is 19.9. The predicted octanol–water partition coefficient (Wildman–Crippen LogP) is 3.09. The summed E-state index contributed by atoms with van der Waals surface area (Å²) in [5.74, 6) is -0.0768. The minimum Gasteiger partial charge on any atom is -0.472 e. The Balaban J connectivity index is 1.25. The molecule has 3 fully saturated rings. The van der Waals surface area contributed by atoms with Gasteiger partial charge in [-0.1, -0.05) is 6.92 Å². The van der Waals surface area contributed by atoms with Gasteiger partial charge in [-0.2, -0.15) is 0 Å². The molecule has 3 aliphatic rings. The molecule has 0 atom stereocenters. The van der Waals surface area contributed by atoms with Gasteiger partial charge in [0.15, 0.2) is 5.82 Å². The number of pyridine rings is 1. The number of halogens is 1. The molecule has 0 aromatic carbocycles.